The van der Waals surface area contributed by atoms with Gasteiger partial charge in [-0.15, -0.1) is 13.2 Å². The van der Waals surface area contributed by atoms with Gasteiger partial charge < -0.3 is 5.73 Å². The molecule has 62 valence electrons. The fraction of sp³-hybridized carbons (Fsp3) is 0.375. The van der Waals surface area contributed by atoms with Gasteiger partial charge in [0.25, 0.3) is 0 Å². The highest BCUT2D eigenvalue weighted by Gasteiger charge is 2.30. The summed E-state index contributed by atoms with van der Waals surface area (Å²) >= 11 is 3.25. The minimum Gasteiger partial charge on any atom is -0.368 e. The van der Waals surface area contributed by atoms with E-state index in [0.29, 0.717) is 12.8 Å². The topological polar surface area (TPSA) is 43.1 Å². The summed E-state index contributed by atoms with van der Waals surface area (Å²) < 4.78 is -0.684. The van der Waals surface area contributed by atoms with Crippen molar-refractivity contribution in [1.29, 1.82) is 0 Å². The standard InChI is InChI=1S/C8H12BrNO/c1-3-5-8(9,6-4-2)7(10)11/h3-4H,1-2,5-6H2,(H2,10,11). The second-order valence-electron chi connectivity index (χ2n) is 2.32. The first-order valence-electron chi connectivity index (χ1n) is 3.27. The lowest BCUT2D eigenvalue weighted by Crippen LogP contribution is -2.37. The Morgan fingerprint density at radius 3 is 2.00 bits per heavy atom. The van der Waals surface area contributed by atoms with Gasteiger partial charge in [0.15, 0.2) is 0 Å². The van der Waals surface area contributed by atoms with Gasteiger partial charge in [-0.2, -0.15) is 0 Å². The van der Waals surface area contributed by atoms with Crippen LogP contribution in [0.4, 0.5) is 0 Å². The second kappa shape index (κ2) is 4.34. The molecule has 0 fully saturated rings. The van der Waals surface area contributed by atoms with Crippen LogP contribution in [0.3, 0.4) is 0 Å². The van der Waals surface area contributed by atoms with Gasteiger partial charge in [0.05, 0.1) is 0 Å². The molecule has 0 bridgehead atoms. The van der Waals surface area contributed by atoms with Crippen LogP contribution in [0.15, 0.2) is 25.3 Å². The van der Waals surface area contributed by atoms with E-state index in [1.807, 2.05) is 0 Å². The molecule has 0 unspecified atom stereocenters. The third-order valence-electron chi connectivity index (χ3n) is 1.38. The molecule has 0 saturated heterocycles. The Kier molecular flexibility index (Phi) is 4.11. The Bertz CT molecular complexity index is 167. The van der Waals surface area contributed by atoms with Crippen molar-refractivity contribution >= 4 is 21.8 Å². The van der Waals surface area contributed by atoms with Crippen molar-refractivity contribution < 1.29 is 4.79 Å². The highest BCUT2D eigenvalue weighted by Crippen LogP contribution is 2.26. The van der Waals surface area contributed by atoms with Crippen LogP contribution in [0.25, 0.3) is 0 Å². The SMILES string of the molecule is C=CCC(Br)(CC=C)C(N)=O. The Labute approximate surface area is 75.3 Å². The number of alkyl halides is 1. The maximum atomic E-state index is 10.9. The van der Waals surface area contributed by atoms with Crippen LogP contribution in [-0.2, 0) is 4.79 Å². The average molecular weight is 218 g/mol. The van der Waals surface area contributed by atoms with E-state index < -0.39 is 4.32 Å². The summed E-state index contributed by atoms with van der Waals surface area (Å²) in [5.74, 6) is -0.377. The zero-order valence-corrected chi connectivity index (χ0v) is 7.93. The predicted molar refractivity (Wildman–Crippen MR) is 50.5 cm³/mol. The molecule has 0 heterocycles. The minimum absolute atomic E-state index is 0.377. The third-order valence-corrected chi connectivity index (χ3v) is 2.42. The maximum Gasteiger partial charge on any atom is 0.234 e. The highest BCUT2D eigenvalue weighted by atomic mass is 79.9. The van der Waals surface area contributed by atoms with E-state index in [1.54, 1.807) is 12.2 Å². The molecule has 0 atom stereocenters. The summed E-state index contributed by atoms with van der Waals surface area (Å²) in [6, 6.07) is 0. The Hall–Kier alpha value is -0.570. The molecule has 0 aliphatic heterocycles. The molecule has 0 aromatic carbocycles. The van der Waals surface area contributed by atoms with Gasteiger partial charge in [-0.25, -0.2) is 0 Å². The number of primary amides is 1. The molecule has 2 N–H and O–H groups in total. The van der Waals surface area contributed by atoms with Gasteiger partial charge in [-0.3, -0.25) is 4.79 Å². The minimum atomic E-state index is -0.684. The van der Waals surface area contributed by atoms with Crippen molar-refractivity contribution in [1.82, 2.24) is 0 Å². The molecule has 11 heavy (non-hydrogen) atoms. The molecular formula is C8H12BrNO. The first-order chi connectivity index (χ1) is 5.06. The molecule has 3 heteroatoms. The number of amides is 1. The monoisotopic (exact) mass is 217 g/mol. The average Bonchev–Trinajstić information content (AvgIpc) is 1.88. The van der Waals surface area contributed by atoms with Gasteiger partial charge in [0.2, 0.25) is 5.91 Å². The number of hydrogen-bond acceptors (Lipinski definition) is 1. The molecule has 0 aliphatic carbocycles. The molecule has 0 aromatic heterocycles. The van der Waals surface area contributed by atoms with Crippen LogP contribution in [0.1, 0.15) is 12.8 Å². The van der Waals surface area contributed by atoms with Crippen molar-refractivity contribution in [3.8, 4) is 0 Å². The molecular weight excluding hydrogens is 206 g/mol. The number of hydrogen-bond donors (Lipinski definition) is 1. The first kappa shape index (κ1) is 10.4. The van der Waals surface area contributed by atoms with Gasteiger partial charge in [0, 0.05) is 0 Å². The Morgan fingerprint density at radius 1 is 1.45 bits per heavy atom. The third kappa shape index (κ3) is 2.89. The molecule has 0 aromatic rings. The van der Waals surface area contributed by atoms with Crippen LogP contribution in [0.2, 0.25) is 0 Å². The molecule has 0 saturated carbocycles. The lowest BCUT2D eigenvalue weighted by atomic mass is 10.0. The van der Waals surface area contributed by atoms with Crippen LogP contribution in [0, 0.1) is 0 Å². The number of carbonyl (C=O) groups is 1. The van der Waals surface area contributed by atoms with Gasteiger partial charge in [-0.1, -0.05) is 28.1 Å². The number of halogens is 1. The number of allylic oxidation sites excluding steroid dienone is 2. The molecule has 0 radical (unpaired) electrons. The Morgan fingerprint density at radius 2 is 1.82 bits per heavy atom. The van der Waals surface area contributed by atoms with Crippen LogP contribution >= 0.6 is 15.9 Å². The van der Waals surface area contributed by atoms with Gasteiger partial charge >= 0.3 is 0 Å². The zero-order chi connectivity index (χ0) is 8.91. The summed E-state index contributed by atoms with van der Waals surface area (Å²) in [6.45, 7) is 7.08. The lowest BCUT2D eigenvalue weighted by molar-refractivity contribution is -0.120. The molecule has 0 spiro atoms. The second-order valence-corrected chi connectivity index (χ2v) is 3.83. The van der Waals surface area contributed by atoms with E-state index in [4.69, 9.17) is 5.73 Å². The first-order valence-corrected chi connectivity index (χ1v) is 4.06. The Balaban J connectivity index is 4.35. The summed E-state index contributed by atoms with van der Waals surface area (Å²) in [5.41, 5.74) is 5.16. The van der Waals surface area contributed by atoms with E-state index >= 15 is 0 Å². The molecule has 2 nitrogen and oxygen atoms in total. The van der Waals surface area contributed by atoms with Crippen molar-refractivity contribution in [3.05, 3.63) is 25.3 Å². The van der Waals surface area contributed by atoms with Crippen molar-refractivity contribution in [2.24, 2.45) is 5.73 Å². The fourth-order valence-corrected chi connectivity index (χ4v) is 1.20. The largest absolute Gasteiger partial charge is 0.368 e. The van der Waals surface area contributed by atoms with E-state index in [-0.39, 0.29) is 5.91 Å². The highest BCUT2D eigenvalue weighted by molar-refractivity contribution is 9.10. The maximum absolute atomic E-state index is 10.9. The smallest absolute Gasteiger partial charge is 0.234 e. The fourth-order valence-electron chi connectivity index (χ4n) is 0.742. The predicted octanol–water partition coefficient (Wildman–Crippen LogP) is 1.76. The van der Waals surface area contributed by atoms with Crippen molar-refractivity contribution in [2.45, 2.75) is 17.2 Å². The van der Waals surface area contributed by atoms with Crippen molar-refractivity contribution in [2.75, 3.05) is 0 Å². The number of carbonyl (C=O) groups excluding carboxylic acids is 1. The van der Waals surface area contributed by atoms with E-state index in [9.17, 15) is 4.79 Å². The summed E-state index contributed by atoms with van der Waals surface area (Å²) in [6.07, 6.45) is 4.36. The molecule has 1 amide bonds. The number of nitrogens with two attached hydrogens (primary N) is 1. The summed E-state index contributed by atoms with van der Waals surface area (Å²) in [4.78, 5) is 10.9. The van der Waals surface area contributed by atoms with Crippen LogP contribution < -0.4 is 5.73 Å². The van der Waals surface area contributed by atoms with E-state index in [2.05, 4.69) is 29.1 Å². The van der Waals surface area contributed by atoms with E-state index in [1.165, 1.54) is 0 Å². The van der Waals surface area contributed by atoms with Gasteiger partial charge in [0.1, 0.15) is 4.32 Å². The quantitative estimate of drug-likeness (QED) is 0.554. The van der Waals surface area contributed by atoms with Crippen molar-refractivity contribution in [3.63, 3.8) is 0 Å². The van der Waals surface area contributed by atoms with Gasteiger partial charge in [-0.05, 0) is 12.8 Å². The number of rotatable bonds is 5. The molecule has 0 aliphatic rings. The zero-order valence-electron chi connectivity index (χ0n) is 6.35. The summed E-state index contributed by atoms with van der Waals surface area (Å²) in [7, 11) is 0. The molecule has 0 rings (SSSR count). The van der Waals surface area contributed by atoms with Crippen LogP contribution in [-0.4, -0.2) is 10.2 Å². The van der Waals surface area contributed by atoms with E-state index in [0.717, 1.165) is 0 Å². The lowest BCUT2D eigenvalue weighted by Gasteiger charge is -2.19. The van der Waals surface area contributed by atoms with Crippen LogP contribution in [0.5, 0.6) is 0 Å². The normalized spacial score (nSPS) is 10.6. The summed E-state index contributed by atoms with van der Waals surface area (Å²) in [5, 5.41) is 0.